The molecular weight excluding hydrogens is 370 g/mol. The van der Waals surface area contributed by atoms with Crippen molar-refractivity contribution < 1.29 is 23.8 Å². The largest absolute Gasteiger partial charge is 0.465 e. The fourth-order valence-corrected chi connectivity index (χ4v) is 3.26. The van der Waals surface area contributed by atoms with Gasteiger partial charge in [0.2, 0.25) is 0 Å². The van der Waals surface area contributed by atoms with Gasteiger partial charge in [0.25, 0.3) is 5.79 Å². The van der Waals surface area contributed by atoms with Crippen molar-refractivity contribution in [1.29, 1.82) is 0 Å². The number of ether oxygens (including phenoxy) is 3. The van der Waals surface area contributed by atoms with Crippen molar-refractivity contribution in [3.63, 3.8) is 0 Å². The highest BCUT2D eigenvalue weighted by atomic mass is 16.7. The Balaban J connectivity index is 1.62. The molecule has 0 radical (unpaired) electrons. The van der Waals surface area contributed by atoms with Crippen LogP contribution in [0, 0.1) is 11.8 Å². The Hall–Kier alpha value is -1.92. The maximum atomic E-state index is 11.6. The summed E-state index contributed by atoms with van der Waals surface area (Å²) in [7, 11) is 1.33. The van der Waals surface area contributed by atoms with Gasteiger partial charge in [0.05, 0.1) is 26.0 Å². The second kappa shape index (κ2) is 11.3. The Morgan fingerprint density at radius 1 is 1.21 bits per heavy atom. The molecule has 0 amide bonds. The molecule has 0 spiro atoms. The summed E-state index contributed by atoms with van der Waals surface area (Å²) in [5.74, 6) is -0.828. The van der Waals surface area contributed by atoms with Gasteiger partial charge in [-0.15, -0.1) is 0 Å². The molecule has 1 fully saturated rings. The van der Waals surface area contributed by atoms with Crippen LogP contribution >= 0.6 is 0 Å². The van der Waals surface area contributed by atoms with E-state index in [0.717, 1.165) is 37.0 Å². The molecule has 1 aliphatic heterocycles. The minimum absolute atomic E-state index is 0.280. The zero-order valence-corrected chi connectivity index (χ0v) is 18.4. The van der Waals surface area contributed by atoms with E-state index in [-0.39, 0.29) is 5.92 Å². The van der Waals surface area contributed by atoms with Crippen molar-refractivity contribution in [3.05, 3.63) is 35.4 Å². The molecule has 1 aromatic rings. The first kappa shape index (κ1) is 23.4. The topological polar surface area (TPSA) is 66.4 Å². The van der Waals surface area contributed by atoms with Crippen LogP contribution in [0.2, 0.25) is 0 Å². The summed E-state index contributed by atoms with van der Waals surface area (Å²) >= 11 is 0. The van der Waals surface area contributed by atoms with Gasteiger partial charge >= 0.3 is 5.97 Å². The number of oxime groups is 1. The third-order valence-corrected chi connectivity index (χ3v) is 5.06. The molecule has 0 unspecified atom stereocenters. The Bertz CT molecular complexity index is 660. The van der Waals surface area contributed by atoms with Crippen LogP contribution in [-0.4, -0.2) is 44.4 Å². The first-order valence-electron chi connectivity index (χ1n) is 10.5. The van der Waals surface area contributed by atoms with E-state index in [1.807, 2.05) is 6.92 Å². The number of rotatable bonds is 10. The molecule has 162 valence electrons. The molecule has 0 bridgehead atoms. The van der Waals surface area contributed by atoms with Crippen molar-refractivity contribution >= 4 is 11.7 Å². The van der Waals surface area contributed by atoms with E-state index in [2.05, 4.69) is 43.3 Å². The lowest BCUT2D eigenvalue weighted by Gasteiger charge is -2.35. The minimum Gasteiger partial charge on any atom is -0.465 e. The number of esters is 1. The zero-order valence-electron chi connectivity index (χ0n) is 18.4. The van der Waals surface area contributed by atoms with Crippen LogP contribution in [0.3, 0.4) is 0 Å². The molecule has 2 rings (SSSR count). The van der Waals surface area contributed by atoms with Gasteiger partial charge in [0.15, 0.2) is 0 Å². The summed E-state index contributed by atoms with van der Waals surface area (Å²) in [6, 6.07) is 8.53. The van der Waals surface area contributed by atoms with Crippen LogP contribution in [-0.2, 0) is 30.3 Å². The van der Waals surface area contributed by atoms with Gasteiger partial charge < -0.3 is 19.0 Å². The molecule has 0 saturated carbocycles. The standard InChI is InChI=1S/C23H35NO5/c1-17(2)14-19-9-11-21(12-10-19)18(3)24-29-13-7-6-8-20-15-27-23(4,28-16-20)22(25)26-5/h9-12,17,20H,6-8,13-16H2,1-5H3/b24-18-. The van der Waals surface area contributed by atoms with Gasteiger partial charge in [-0.05, 0) is 49.7 Å². The predicted octanol–water partition coefficient (Wildman–Crippen LogP) is 4.35. The van der Waals surface area contributed by atoms with Crippen LogP contribution in [0.1, 0.15) is 58.1 Å². The van der Waals surface area contributed by atoms with E-state index < -0.39 is 11.8 Å². The SMILES string of the molecule is COC(=O)C1(C)OCC(CCCCO/N=C(/C)c2ccc(CC(C)C)cc2)CO1. The zero-order chi connectivity index (χ0) is 21.3. The second-order valence-electron chi connectivity index (χ2n) is 8.23. The number of hydrogen-bond donors (Lipinski definition) is 0. The summed E-state index contributed by atoms with van der Waals surface area (Å²) in [4.78, 5) is 17.1. The number of hydrogen-bond acceptors (Lipinski definition) is 6. The number of unbranched alkanes of at least 4 members (excludes halogenated alkanes) is 1. The number of methoxy groups -OCH3 is 1. The Kier molecular flexibility index (Phi) is 9.11. The van der Waals surface area contributed by atoms with E-state index in [0.29, 0.717) is 25.7 Å². The lowest BCUT2D eigenvalue weighted by Crippen LogP contribution is -2.48. The Morgan fingerprint density at radius 3 is 2.45 bits per heavy atom. The van der Waals surface area contributed by atoms with Crippen molar-refractivity contribution in [2.24, 2.45) is 17.0 Å². The Morgan fingerprint density at radius 2 is 1.86 bits per heavy atom. The molecular formula is C23H35NO5. The van der Waals surface area contributed by atoms with Crippen LogP contribution in [0.15, 0.2) is 29.4 Å². The summed E-state index contributed by atoms with van der Waals surface area (Å²) in [5, 5.41) is 4.23. The first-order valence-corrected chi connectivity index (χ1v) is 10.5. The van der Waals surface area contributed by atoms with Crippen molar-refractivity contribution in [3.8, 4) is 0 Å². The summed E-state index contributed by atoms with van der Waals surface area (Å²) in [5.41, 5.74) is 3.32. The van der Waals surface area contributed by atoms with Gasteiger partial charge in [0, 0.05) is 12.8 Å². The van der Waals surface area contributed by atoms with Gasteiger partial charge in [0.1, 0.15) is 6.61 Å². The smallest absolute Gasteiger partial charge is 0.366 e. The van der Waals surface area contributed by atoms with Crippen LogP contribution in [0.4, 0.5) is 0 Å². The highest BCUT2D eigenvalue weighted by Gasteiger charge is 2.41. The van der Waals surface area contributed by atoms with E-state index in [1.54, 1.807) is 6.92 Å². The van der Waals surface area contributed by atoms with Crippen molar-refractivity contribution in [1.82, 2.24) is 0 Å². The van der Waals surface area contributed by atoms with E-state index >= 15 is 0 Å². The normalized spacial score (nSPS) is 22.6. The minimum atomic E-state index is -1.27. The highest BCUT2D eigenvalue weighted by molar-refractivity contribution is 5.98. The average molecular weight is 406 g/mol. The van der Waals surface area contributed by atoms with Crippen LogP contribution in [0.25, 0.3) is 0 Å². The second-order valence-corrected chi connectivity index (χ2v) is 8.23. The Labute approximate surface area is 174 Å². The molecule has 0 aromatic heterocycles. The maximum Gasteiger partial charge on any atom is 0.366 e. The number of carbonyl (C=O) groups excluding carboxylic acids is 1. The van der Waals surface area contributed by atoms with E-state index in [1.165, 1.54) is 12.7 Å². The van der Waals surface area contributed by atoms with Gasteiger partial charge in [-0.1, -0.05) is 43.3 Å². The molecule has 0 aliphatic carbocycles. The van der Waals surface area contributed by atoms with Gasteiger partial charge in [-0.2, -0.15) is 0 Å². The van der Waals surface area contributed by atoms with E-state index in [9.17, 15) is 4.79 Å². The maximum absolute atomic E-state index is 11.6. The summed E-state index contributed by atoms with van der Waals surface area (Å²) in [6.45, 7) is 9.59. The predicted molar refractivity (Wildman–Crippen MR) is 113 cm³/mol. The highest BCUT2D eigenvalue weighted by Crippen LogP contribution is 2.25. The summed E-state index contributed by atoms with van der Waals surface area (Å²) in [6.07, 6.45) is 3.95. The molecule has 1 aliphatic rings. The molecule has 1 saturated heterocycles. The fourth-order valence-electron chi connectivity index (χ4n) is 3.26. The molecule has 0 atom stereocenters. The van der Waals surface area contributed by atoms with Crippen LogP contribution in [0.5, 0.6) is 0 Å². The number of nitrogens with zero attached hydrogens (tertiary/aromatic N) is 1. The fraction of sp³-hybridized carbons (Fsp3) is 0.652. The lowest BCUT2D eigenvalue weighted by molar-refractivity contribution is -0.272. The molecule has 29 heavy (non-hydrogen) atoms. The summed E-state index contributed by atoms with van der Waals surface area (Å²) < 4.78 is 15.8. The van der Waals surface area contributed by atoms with Crippen molar-refractivity contribution in [2.75, 3.05) is 26.9 Å². The van der Waals surface area contributed by atoms with E-state index in [4.69, 9.17) is 19.0 Å². The monoisotopic (exact) mass is 405 g/mol. The third-order valence-electron chi connectivity index (χ3n) is 5.06. The number of carbonyl (C=O) groups is 1. The number of benzene rings is 1. The molecule has 6 nitrogen and oxygen atoms in total. The van der Waals surface area contributed by atoms with Gasteiger partial charge in [-0.25, -0.2) is 4.79 Å². The first-order chi connectivity index (χ1) is 13.8. The van der Waals surface area contributed by atoms with Gasteiger partial charge in [-0.3, -0.25) is 0 Å². The molecule has 0 N–H and O–H groups in total. The quantitative estimate of drug-likeness (QED) is 0.251. The average Bonchev–Trinajstić information content (AvgIpc) is 2.71. The van der Waals surface area contributed by atoms with Crippen molar-refractivity contribution in [2.45, 2.75) is 59.2 Å². The lowest BCUT2D eigenvalue weighted by atomic mass is 10.0. The van der Waals surface area contributed by atoms with Crippen LogP contribution < -0.4 is 0 Å². The molecule has 1 heterocycles. The molecule has 6 heteroatoms. The molecule has 1 aromatic carbocycles. The third kappa shape index (κ3) is 7.44.